The van der Waals surface area contributed by atoms with E-state index in [4.69, 9.17) is 11.6 Å². The van der Waals surface area contributed by atoms with Crippen molar-refractivity contribution in [2.24, 2.45) is 0 Å². The van der Waals surface area contributed by atoms with Crippen LogP contribution >= 0.6 is 22.9 Å². The number of thiazole rings is 1. The molecule has 2 aromatic heterocycles. The van der Waals surface area contributed by atoms with E-state index in [1.165, 1.54) is 61.2 Å². The Balaban J connectivity index is 1.39. The fraction of sp³-hybridized carbons (Fsp3) is 0.208. The molecule has 0 unspecified atom stereocenters. The number of aromatic nitrogens is 2. The first-order chi connectivity index (χ1) is 16.1. The summed E-state index contributed by atoms with van der Waals surface area (Å²) in [6.07, 6.45) is 4.04. The maximum atomic E-state index is 13.5. The normalized spacial score (nSPS) is 13.8. The van der Waals surface area contributed by atoms with Gasteiger partial charge in [-0.1, -0.05) is 35.1 Å². The number of hydrogen-bond donors (Lipinski definition) is 2. The number of nitrogens with one attached hydrogen (secondary N) is 2. The van der Waals surface area contributed by atoms with Crippen molar-refractivity contribution in [3.8, 4) is 6.07 Å². The van der Waals surface area contributed by atoms with Crippen molar-refractivity contribution < 1.29 is 4.39 Å². The molecular weight excluding hydrogens is 459 g/mol. The van der Waals surface area contributed by atoms with Gasteiger partial charge in [-0.05, 0) is 61.8 Å². The number of pyridine rings is 1. The van der Waals surface area contributed by atoms with Crippen molar-refractivity contribution in [3.05, 3.63) is 70.6 Å². The summed E-state index contributed by atoms with van der Waals surface area (Å²) in [6, 6.07) is 14.8. The molecule has 1 aliphatic heterocycles. The van der Waals surface area contributed by atoms with Gasteiger partial charge in [-0.15, -0.1) is 0 Å². The first-order valence-corrected chi connectivity index (χ1v) is 11.8. The lowest BCUT2D eigenvalue weighted by Gasteiger charge is -2.14. The third kappa shape index (κ3) is 4.76. The average molecular weight is 479 g/mol. The molecule has 0 radical (unpaired) electrons. The minimum absolute atomic E-state index is 0.00338. The zero-order valence-electron chi connectivity index (χ0n) is 17.6. The molecule has 3 heterocycles. The first-order valence-electron chi connectivity index (χ1n) is 10.6. The summed E-state index contributed by atoms with van der Waals surface area (Å²) in [5.74, 6) is -0.502. The number of nitriles is 1. The largest absolute Gasteiger partial charge is 0.353 e. The van der Waals surface area contributed by atoms with E-state index in [0.29, 0.717) is 27.7 Å². The summed E-state index contributed by atoms with van der Waals surface area (Å²) in [6.45, 7) is 3.32. The Morgan fingerprint density at radius 1 is 1.09 bits per heavy atom. The lowest BCUT2D eigenvalue weighted by Crippen LogP contribution is -2.18. The third-order valence-electron chi connectivity index (χ3n) is 5.54. The molecule has 2 N–H and O–H groups in total. The Labute approximate surface area is 199 Å². The maximum Gasteiger partial charge on any atom is 0.189 e. The van der Waals surface area contributed by atoms with Gasteiger partial charge in [0.25, 0.3) is 0 Å². The molecule has 33 heavy (non-hydrogen) atoms. The SMILES string of the molecule is N#Cc1cnc2nc(Nc3ccc(CN4CCCC4)cc3)sc2c1Nc1ccc(F)c(Cl)c1. The number of benzene rings is 2. The molecule has 1 fully saturated rings. The summed E-state index contributed by atoms with van der Waals surface area (Å²) < 4.78 is 14.3. The van der Waals surface area contributed by atoms with Crippen molar-refractivity contribution in [1.82, 2.24) is 14.9 Å². The van der Waals surface area contributed by atoms with Crippen molar-refractivity contribution in [1.29, 1.82) is 5.26 Å². The Morgan fingerprint density at radius 3 is 2.58 bits per heavy atom. The Kier molecular flexibility index (Phi) is 6.09. The van der Waals surface area contributed by atoms with Crippen LogP contribution in [0.4, 0.5) is 26.6 Å². The van der Waals surface area contributed by atoms with Crippen LogP contribution in [0.3, 0.4) is 0 Å². The molecule has 4 aromatic rings. The van der Waals surface area contributed by atoms with Gasteiger partial charge in [0, 0.05) is 24.1 Å². The van der Waals surface area contributed by atoms with E-state index in [0.717, 1.165) is 16.9 Å². The van der Waals surface area contributed by atoms with E-state index >= 15 is 0 Å². The lowest BCUT2D eigenvalue weighted by atomic mass is 10.2. The van der Waals surface area contributed by atoms with Crippen LogP contribution < -0.4 is 10.6 Å². The van der Waals surface area contributed by atoms with Gasteiger partial charge in [0.2, 0.25) is 0 Å². The summed E-state index contributed by atoms with van der Waals surface area (Å²) in [5, 5.41) is 16.8. The Morgan fingerprint density at radius 2 is 1.85 bits per heavy atom. The fourth-order valence-electron chi connectivity index (χ4n) is 3.87. The van der Waals surface area contributed by atoms with E-state index in [9.17, 15) is 9.65 Å². The van der Waals surface area contributed by atoms with Crippen LogP contribution in [0.5, 0.6) is 0 Å². The predicted octanol–water partition coefficient (Wildman–Crippen LogP) is 6.44. The summed E-state index contributed by atoms with van der Waals surface area (Å²) in [5.41, 5.74) is 4.24. The summed E-state index contributed by atoms with van der Waals surface area (Å²) in [7, 11) is 0. The van der Waals surface area contributed by atoms with E-state index in [1.807, 2.05) is 12.1 Å². The monoisotopic (exact) mass is 478 g/mol. The molecule has 5 rings (SSSR count). The third-order valence-corrected chi connectivity index (χ3v) is 6.81. The van der Waals surface area contributed by atoms with Crippen molar-refractivity contribution >= 4 is 55.5 Å². The number of likely N-dealkylation sites (tertiary alicyclic amines) is 1. The second-order valence-electron chi connectivity index (χ2n) is 7.89. The van der Waals surface area contributed by atoms with E-state index < -0.39 is 5.82 Å². The van der Waals surface area contributed by atoms with Gasteiger partial charge in [0.15, 0.2) is 10.8 Å². The zero-order valence-corrected chi connectivity index (χ0v) is 19.2. The highest BCUT2D eigenvalue weighted by Crippen LogP contribution is 2.36. The van der Waals surface area contributed by atoms with Gasteiger partial charge >= 0.3 is 0 Å². The molecule has 0 amide bonds. The molecule has 0 spiro atoms. The molecule has 2 aromatic carbocycles. The molecule has 1 saturated heterocycles. The quantitative estimate of drug-likeness (QED) is 0.332. The van der Waals surface area contributed by atoms with Crippen LogP contribution in [0.1, 0.15) is 24.0 Å². The smallest absolute Gasteiger partial charge is 0.189 e. The van der Waals surface area contributed by atoms with E-state index in [2.05, 4.69) is 43.7 Å². The highest BCUT2D eigenvalue weighted by atomic mass is 35.5. The van der Waals surface area contributed by atoms with E-state index in [1.54, 1.807) is 6.07 Å². The van der Waals surface area contributed by atoms with Crippen molar-refractivity contribution in [2.75, 3.05) is 23.7 Å². The molecule has 166 valence electrons. The highest BCUT2D eigenvalue weighted by Gasteiger charge is 2.16. The summed E-state index contributed by atoms with van der Waals surface area (Å²) in [4.78, 5) is 11.4. The van der Waals surface area contributed by atoms with Gasteiger partial charge in [-0.3, -0.25) is 4.90 Å². The van der Waals surface area contributed by atoms with Gasteiger partial charge in [-0.25, -0.2) is 9.37 Å². The first kappa shape index (κ1) is 21.6. The molecule has 9 heteroatoms. The number of hydrogen-bond acceptors (Lipinski definition) is 7. The van der Waals surface area contributed by atoms with Crippen LogP contribution in [0.15, 0.2) is 48.7 Å². The fourth-order valence-corrected chi connectivity index (χ4v) is 5.00. The number of rotatable bonds is 6. The van der Waals surface area contributed by atoms with Gasteiger partial charge in [0.05, 0.1) is 16.3 Å². The molecule has 6 nitrogen and oxygen atoms in total. The minimum Gasteiger partial charge on any atom is -0.353 e. The second-order valence-corrected chi connectivity index (χ2v) is 9.30. The predicted molar refractivity (Wildman–Crippen MR) is 131 cm³/mol. The Bertz CT molecular complexity index is 1340. The number of nitrogens with zero attached hydrogens (tertiary/aromatic N) is 4. The molecule has 0 bridgehead atoms. The molecule has 1 aliphatic rings. The number of halogens is 2. The number of anilines is 4. The molecular formula is C24H20ClFN6S. The van der Waals surface area contributed by atoms with Crippen molar-refractivity contribution in [2.45, 2.75) is 19.4 Å². The topological polar surface area (TPSA) is 76.9 Å². The molecule has 0 saturated carbocycles. The average Bonchev–Trinajstić information content (AvgIpc) is 3.47. The van der Waals surface area contributed by atoms with Gasteiger partial charge < -0.3 is 10.6 Å². The minimum atomic E-state index is -0.502. The molecule has 0 aliphatic carbocycles. The van der Waals surface area contributed by atoms with Gasteiger partial charge in [-0.2, -0.15) is 10.2 Å². The zero-order chi connectivity index (χ0) is 22.8. The van der Waals surface area contributed by atoms with E-state index in [-0.39, 0.29) is 5.02 Å². The van der Waals surface area contributed by atoms with Crippen LogP contribution in [-0.2, 0) is 6.54 Å². The Hall–Kier alpha value is -3.25. The van der Waals surface area contributed by atoms with Crippen molar-refractivity contribution in [3.63, 3.8) is 0 Å². The van der Waals surface area contributed by atoms with Crippen LogP contribution in [0.2, 0.25) is 5.02 Å². The van der Waals surface area contributed by atoms with Gasteiger partial charge in [0.1, 0.15) is 16.6 Å². The lowest BCUT2D eigenvalue weighted by molar-refractivity contribution is 0.331. The number of fused-ring (bicyclic) bond motifs is 1. The maximum absolute atomic E-state index is 13.5. The highest BCUT2D eigenvalue weighted by molar-refractivity contribution is 7.22. The standard InChI is InChI=1S/C24H20ClFN6S/c25-19-11-18(7-8-20(19)26)29-21-16(12-27)13-28-23-22(21)33-24(31-23)30-17-5-3-15(4-6-17)14-32-9-1-2-10-32/h3-8,11,13H,1-2,9-10,14H2,(H2,28,29,30,31). The van der Waals surface area contributed by atoms with Crippen LogP contribution in [0.25, 0.3) is 10.3 Å². The molecule has 0 atom stereocenters. The van der Waals surface area contributed by atoms with Crippen LogP contribution in [0, 0.1) is 17.1 Å². The van der Waals surface area contributed by atoms with Crippen LogP contribution in [-0.4, -0.2) is 28.0 Å². The second kappa shape index (κ2) is 9.32. The summed E-state index contributed by atoms with van der Waals surface area (Å²) >= 11 is 7.30.